The second-order valence-corrected chi connectivity index (χ2v) is 6.34. The summed E-state index contributed by atoms with van der Waals surface area (Å²) in [7, 11) is 1.56. The fourth-order valence-corrected chi connectivity index (χ4v) is 3.16. The third-order valence-electron chi connectivity index (χ3n) is 4.62. The Hall–Kier alpha value is -2.22. The Balaban J connectivity index is 1.54. The van der Waals surface area contributed by atoms with E-state index in [-0.39, 0.29) is 11.8 Å². The normalized spacial score (nSPS) is 22.8. The van der Waals surface area contributed by atoms with Crippen LogP contribution in [0.3, 0.4) is 0 Å². The number of hydrogen-bond donors (Lipinski definition) is 1. The highest BCUT2D eigenvalue weighted by Crippen LogP contribution is 2.26. The van der Waals surface area contributed by atoms with Gasteiger partial charge in [0.25, 0.3) is 11.8 Å². The molecule has 0 saturated carbocycles. The number of halogens is 2. The van der Waals surface area contributed by atoms with Crippen molar-refractivity contribution in [2.45, 2.75) is 18.4 Å². The quantitative estimate of drug-likeness (QED) is 0.880. The number of ether oxygens (including phenoxy) is 1. The van der Waals surface area contributed by atoms with Crippen molar-refractivity contribution in [3.8, 4) is 5.75 Å². The SMILES string of the molecule is COc1ccc(C(=O)N2CCN(C(=O)C3CC(F)(F)CN3)CC2)cc1. The number of carbonyl (C=O) groups is 2. The van der Waals surface area contributed by atoms with E-state index in [0.29, 0.717) is 37.5 Å². The monoisotopic (exact) mass is 353 g/mol. The van der Waals surface area contributed by atoms with Gasteiger partial charge in [0.15, 0.2) is 0 Å². The zero-order valence-electron chi connectivity index (χ0n) is 14.0. The first kappa shape index (κ1) is 17.6. The van der Waals surface area contributed by atoms with Gasteiger partial charge in [0.05, 0.1) is 19.7 Å². The van der Waals surface area contributed by atoms with Crippen LogP contribution >= 0.6 is 0 Å². The van der Waals surface area contributed by atoms with Crippen LogP contribution in [0.2, 0.25) is 0 Å². The number of nitrogens with zero attached hydrogens (tertiary/aromatic N) is 2. The molecule has 0 bridgehead atoms. The summed E-state index contributed by atoms with van der Waals surface area (Å²) in [4.78, 5) is 28.0. The maximum atomic E-state index is 13.2. The molecule has 2 amide bonds. The number of piperazine rings is 1. The first-order valence-corrected chi connectivity index (χ1v) is 8.23. The molecular weight excluding hydrogens is 332 g/mol. The molecule has 0 aliphatic carbocycles. The van der Waals surface area contributed by atoms with Crippen LogP contribution in [0.15, 0.2) is 24.3 Å². The van der Waals surface area contributed by atoms with Crippen molar-refractivity contribution >= 4 is 11.8 Å². The van der Waals surface area contributed by atoms with Gasteiger partial charge in [-0.3, -0.25) is 14.9 Å². The van der Waals surface area contributed by atoms with E-state index in [1.165, 1.54) is 0 Å². The Morgan fingerprint density at radius 2 is 1.72 bits per heavy atom. The van der Waals surface area contributed by atoms with Gasteiger partial charge in [-0.05, 0) is 24.3 Å². The smallest absolute Gasteiger partial charge is 0.262 e. The van der Waals surface area contributed by atoms with E-state index in [4.69, 9.17) is 4.74 Å². The maximum Gasteiger partial charge on any atom is 0.262 e. The summed E-state index contributed by atoms with van der Waals surface area (Å²) < 4.78 is 31.5. The lowest BCUT2D eigenvalue weighted by atomic mass is 10.1. The first-order valence-electron chi connectivity index (χ1n) is 8.23. The lowest BCUT2D eigenvalue weighted by molar-refractivity contribution is -0.135. The molecule has 0 aromatic heterocycles. The molecule has 2 fully saturated rings. The fourth-order valence-electron chi connectivity index (χ4n) is 3.16. The van der Waals surface area contributed by atoms with Crippen LogP contribution < -0.4 is 10.1 Å². The third kappa shape index (κ3) is 3.89. The summed E-state index contributed by atoms with van der Waals surface area (Å²) in [5.41, 5.74) is 0.553. The highest BCUT2D eigenvalue weighted by molar-refractivity contribution is 5.94. The standard InChI is InChI=1S/C17H21F2N3O3/c1-25-13-4-2-12(3-5-13)15(23)21-6-8-22(9-7-21)16(24)14-10-17(18,19)11-20-14/h2-5,14,20H,6-11H2,1H3. The summed E-state index contributed by atoms with van der Waals surface area (Å²) >= 11 is 0. The summed E-state index contributed by atoms with van der Waals surface area (Å²) in [5.74, 6) is -2.58. The molecule has 8 heteroatoms. The second-order valence-electron chi connectivity index (χ2n) is 6.34. The topological polar surface area (TPSA) is 61.9 Å². The summed E-state index contributed by atoms with van der Waals surface area (Å²) in [5, 5.41) is 2.58. The molecule has 0 spiro atoms. The molecule has 1 aromatic rings. The van der Waals surface area contributed by atoms with Crippen LogP contribution in [-0.4, -0.2) is 73.4 Å². The van der Waals surface area contributed by atoms with Crippen LogP contribution in [-0.2, 0) is 4.79 Å². The highest BCUT2D eigenvalue weighted by atomic mass is 19.3. The van der Waals surface area contributed by atoms with Crippen LogP contribution in [0.4, 0.5) is 8.78 Å². The van der Waals surface area contributed by atoms with Crippen molar-refractivity contribution in [3.05, 3.63) is 29.8 Å². The number of nitrogens with one attached hydrogen (secondary N) is 1. The molecule has 2 aliphatic heterocycles. The van der Waals surface area contributed by atoms with Crippen LogP contribution in [0.1, 0.15) is 16.8 Å². The Morgan fingerprint density at radius 3 is 2.24 bits per heavy atom. The summed E-state index contributed by atoms with van der Waals surface area (Å²) in [6.07, 6.45) is -0.461. The predicted octanol–water partition coefficient (Wildman–Crippen LogP) is 0.977. The van der Waals surface area contributed by atoms with Crippen molar-refractivity contribution in [1.29, 1.82) is 0 Å². The number of methoxy groups -OCH3 is 1. The van der Waals surface area contributed by atoms with Gasteiger partial charge < -0.3 is 14.5 Å². The highest BCUT2D eigenvalue weighted by Gasteiger charge is 2.43. The number of alkyl halides is 2. The molecule has 2 saturated heterocycles. The molecule has 136 valence electrons. The van der Waals surface area contributed by atoms with Gasteiger partial charge in [0, 0.05) is 38.2 Å². The van der Waals surface area contributed by atoms with Gasteiger partial charge >= 0.3 is 0 Å². The Labute approximate surface area is 144 Å². The largest absolute Gasteiger partial charge is 0.497 e. The average molecular weight is 353 g/mol. The summed E-state index contributed by atoms with van der Waals surface area (Å²) in [6, 6.07) is 6.00. The van der Waals surface area contributed by atoms with E-state index in [1.807, 2.05) is 0 Å². The van der Waals surface area contributed by atoms with Crippen molar-refractivity contribution in [1.82, 2.24) is 15.1 Å². The van der Waals surface area contributed by atoms with Gasteiger partial charge in [0.2, 0.25) is 5.91 Å². The molecule has 3 rings (SSSR count). The maximum absolute atomic E-state index is 13.2. The minimum absolute atomic E-state index is 0.111. The molecule has 1 atom stereocenters. The molecule has 0 radical (unpaired) electrons. The third-order valence-corrected chi connectivity index (χ3v) is 4.62. The van der Waals surface area contributed by atoms with Gasteiger partial charge in [-0.15, -0.1) is 0 Å². The zero-order valence-corrected chi connectivity index (χ0v) is 14.0. The van der Waals surface area contributed by atoms with Crippen molar-refractivity contribution < 1.29 is 23.1 Å². The Bertz CT molecular complexity index is 643. The zero-order chi connectivity index (χ0) is 18.0. The van der Waals surface area contributed by atoms with Crippen molar-refractivity contribution in [2.75, 3.05) is 39.8 Å². The van der Waals surface area contributed by atoms with Gasteiger partial charge in [-0.25, -0.2) is 8.78 Å². The fraction of sp³-hybridized carbons (Fsp3) is 0.529. The number of benzene rings is 1. The number of carbonyl (C=O) groups excluding carboxylic acids is 2. The Morgan fingerprint density at radius 1 is 1.12 bits per heavy atom. The minimum Gasteiger partial charge on any atom is -0.497 e. The molecule has 2 heterocycles. The molecule has 25 heavy (non-hydrogen) atoms. The van der Waals surface area contributed by atoms with Gasteiger partial charge in [0.1, 0.15) is 5.75 Å². The number of amides is 2. The number of rotatable bonds is 3. The molecule has 1 unspecified atom stereocenters. The van der Waals surface area contributed by atoms with E-state index in [9.17, 15) is 18.4 Å². The van der Waals surface area contributed by atoms with E-state index >= 15 is 0 Å². The van der Waals surface area contributed by atoms with Crippen LogP contribution in [0.5, 0.6) is 5.75 Å². The predicted molar refractivity (Wildman–Crippen MR) is 86.8 cm³/mol. The molecule has 1 N–H and O–H groups in total. The number of hydrogen-bond acceptors (Lipinski definition) is 4. The van der Waals surface area contributed by atoms with Crippen molar-refractivity contribution in [2.24, 2.45) is 0 Å². The minimum atomic E-state index is -2.83. The average Bonchev–Trinajstić information content (AvgIpc) is 3.00. The van der Waals surface area contributed by atoms with Gasteiger partial charge in [-0.2, -0.15) is 0 Å². The molecular formula is C17H21F2N3O3. The molecule has 6 nitrogen and oxygen atoms in total. The van der Waals surface area contributed by atoms with Crippen LogP contribution in [0, 0.1) is 0 Å². The first-order chi connectivity index (χ1) is 11.9. The van der Waals surface area contributed by atoms with Crippen molar-refractivity contribution in [3.63, 3.8) is 0 Å². The van der Waals surface area contributed by atoms with E-state index in [2.05, 4.69) is 5.32 Å². The lowest BCUT2D eigenvalue weighted by Crippen LogP contribution is -2.54. The molecule has 2 aliphatic rings. The summed E-state index contributed by atoms with van der Waals surface area (Å²) in [6.45, 7) is 1.02. The van der Waals surface area contributed by atoms with E-state index < -0.39 is 24.9 Å². The lowest BCUT2D eigenvalue weighted by Gasteiger charge is -2.36. The van der Waals surface area contributed by atoms with E-state index in [0.717, 1.165) is 0 Å². The molecule has 1 aromatic carbocycles. The van der Waals surface area contributed by atoms with E-state index in [1.54, 1.807) is 41.2 Å². The Kier molecular flexibility index (Phi) is 4.89. The second kappa shape index (κ2) is 6.95. The van der Waals surface area contributed by atoms with Gasteiger partial charge in [-0.1, -0.05) is 0 Å². The van der Waals surface area contributed by atoms with Crippen LogP contribution in [0.25, 0.3) is 0 Å².